The molecule has 0 radical (unpaired) electrons. The predicted molar refractivity (Wildman–Crippen MR) is 68.7 cm³/mol. The maximum Gasteiger partial charge on any atom is 0.473 e. The van der Waals surface area contributed by atoms with E-state index in [9.17, 15) is 3.80 Å². The molecule has 5 nitrogen and oxygen atoms in total. The van der Waals surface area contributed by atoms with E-state index in [1.165, 1.54) is 0 Å². The molecule has 8 heteroatoms. The molecule has 0 spiro atoms. The van der Waals surface area contributed by atoms with Crippen LogP contribution in [-0.2, 0) is 20.6 Å². The first-order valence-corrected chi connectivity index (χ1v) is 8.68. The van der Waals surface area contributed by atoms with Crippen LogP contribution in [0.3, 0.4) is 0 Å². The largest absolute Gasteiger partial charge is 0.473 e. The van der Waals surface area contributed by atoms with Gasteiger partial charge < -0.3 is 13.0 Å². The zero-order chi connectivity index (χ0) is 12.8. The van der Waals surface area contributed by atoms with Crippen molar-refractivity contribution in [2.45, 2.75) is 40.2 Å². The molecule has 0 saturated carbocycles. The number of hydrogen-bond donors (Lipinski definition) is 0. The van der Waals surface area contributed by atoms with E-state index >= 15 is 0 Å². The third-order valence-electron chi connectivity index (χ3n) is 1.66. The zero-order valence-corrected chi connectivity index (χ0v) is 15.2. The summed E-state index contributed by atoms with van der Waals surface area (Å²) in [5.74, 6) is 0. The Bertz CT molecular complexity index is 146. The minimum atomic E-state index is -1.65. The van der Waals surface area contributed by atoms with Crippen molar-refractivity contribution in [1.82, 2.24) is 0 Å². The fraction of sp³-hybridized carbons (Fsp3) is 1.00. The maximum atomic E-state index is 9.76. The number of rotatable bonds is 8. The van der Waals surface area contributed by atoms with Crippen LogP contribution in [0.15, 0.2) is 0 Å². The molecule has 0 aromatic rings. The molecule has 0 aliphatic heterocycles. The van der Waals surface area contributed by atoms with Gasteiger partial charge in [-0.2, -0.15) is 0 Å². The summed E-state index contributed by atoms with van der Waals surface area (Å²) >= 11 is -1.000. The average molecular weight is 282 g/mol. The molecule has 0 aliphatic rings. The fourth-order valence-electron chi connectivity index (χ4n) is 0.647. The van der Waals surface area contributed by atoms with E-state index in [1.807, 2.05) is 27.7 Å². The van der Waals surface area contributed by atoms with E-state index in [0.29, 0.717) is 23.7 Å². The van der Waals surface area contributed by atoms with Crippen molar-refractivity contribution in [3.63, 3.8) is 0 Å². The quantitative estimate of drug-likeness (QED) is 0.579. The van der Waals surface area contributed by atoms with Crippen LogP contribution in [0.25, 0.3) is 0 Å². The Morgan fingerprint density at radius 2 is 1.75 bits per heavy atom. The van der Waals surface area contributed by atoms with Crippen molar-refractivity contribution in [2.75, 3.05) is 13.2 Å². The van der Waals surface area contributed by atoms with E-state index in [0.717, 1.165) is 6.42 Å². The molecule has 0 heterocycles. The summed E-state index contributed by atoms with van der Waals surface area (Å²) < 4.78 is 29.9. The Morgan fingerprint density at radius 3 is 1.94 bits per heavy atom. The molecule has 0 bridgehead atoms. The first-order chi connectivity index (χ1) is 7.65. The van der Waals surface area contributed by atoms with Gasteiger partial charge in [-0.25, -0.2) is 0 Å². The molecule has 0 amide bonds. The van der Waals surface area contributed by atoms with Gasteiger partial charge in [0, 0.05) is 13.2 Å². The molecule has 0 saturated heterocycles. The standard InChI is InChI=1S/C4H14O3Si2.C4H9O.Al.O/c1-3-5-9(7-8)6-4-2;1-3-4(2)5;;/h9H,3-4H2,1-2,8H3;4H,3H2,1-2H3;;/q;-1;+1;. The van der Waals surface area contributed by atoms with E-state index < -0.39 is 25.0 Å². The summed E-state index contributed by atoms with van der Waals surface area (Å²) in [4.78, 5) is 0. The minimum absolute atomic E-state index is 0.174. The van der Waals surface area contributed by atoms with Crippen molar-refractivity contribution in [2.24, 2.45) is 0 Å². The molecule has 1 unspecified atom stereocenters. The average Bonchev–Trinajstić information content (AvgIpc) is 2.30. The first kappa shape index (κ1) is 18.8. The van der Waals surface area contributed by atoms with Gasteiger partial charge in [0.05, 0.1) is 0 Å². The second-order valence-corrected chi connectivity index (χ2v) is 6.48. The Hall–Kier alpha value is 0.446. The van der Waals surface area contributed by atoms with E-state index in [1.54, 1.807) is 0 Å². The SMILES string of the molecule is CCC(C)[O][Al]=[O].CCO[SiH](O[SiH3])OCC. The van der Waals surface area contributed by atoms with E-state index in [-0.39, 0.29) is 6.10 Å². The molecule has 96 valence electrons. The molecular formula is C8H23AlO5Si2. The van der Waals surface area contributed by atoms with Crippen LogP contribution in [-0.4, -0.2) is 54.8 Å². The summed E-state index contributed by atoms with van der Waals surface area (Å²) in [7, 11) is -0.939. The van der Waals surface area contributed by atoms with Crippen molar-refractivity contribution in [3.8, 4) is 0 Å². The molecule has 1 atom stereocenters. The molecule has 0 N–H and O–H groups in total. The third-order valence-corrected chi connectivity index (χ3v) is 4.99. The Balaban J connectivity index is 0. The van der Waals surface area contributed by atoms with Gasteiger partial charge in [0.25, 0.3) is 0 Å². The van der Waals surface area contributed by atoms with Crippen LogP contribution in [0.2, 0.25) is 0 Å². The van der Waals surface area contributed by atoms with Gasteiger partial charge >= 0.3 is 59.0 Å². The normalized spacial score (nSPS) is 11.6. The Morgan fingerprint density at radius 1 is 1.25 bits per heavy atom. The molecular weight excluding hydrogens is 259 g/mol. The van der Waals surface area contributed by atoms with Gasteiger partial charge in [-0.1, -0.05) is 0 Å². The molecule has 0 aromatic carbocycles. The second kappa shape index (κ2) is 15.4. The van der Waals surface area contributed by atoms with Crippen LogP contribution < -0.4 is 0 Å². The van der Waals surface area contributed by atoms with Gasteiger partial charge in [0.2, 0.25) is 0 Å². The number of hydrogen-bond acceptors (Lipinski definition) is 5. The molecule has 0 fully saturated rings. The van der Waals surface area contributed by atoms with Crippen molar-refractivity contribution in [3.05, 3.63) is 0 Å². The molecule has 0 rings (SSSR count). The monoisotopic (exact) mass is 282 g/mol. The second-order valence-electron chi connectivity index (χ2n) is 2.89. The van der Waals surface area contributed by atoms with Crippen LogP contribution in [0, 0.1) is 0 Å². The predicted octanol–water partition coefficient (Wildman–Crippen LogP) is -0.160. The summed E-state index contributed by atoms with van der Waals surface area (Å²) in [6.45, 7) is 9.18. The van der Waals surface area contributed by atoms with Crippen LogP contribution in [0.1, 0.15) is 34.1 Å². The minimum Gasteiger partial charge on any atom is -0.427 e. The Labute approximate surface area is 110 Å². The van der Waals surface area contributed by atoms with Gasteiger partial charge in [-0.3, -0.25) is 0 Å². The van der Waals surface area contributed by atoms with Gasteiger partial charge in [-0.15, -0.1) is 0 Å². The van der Waals surface area contributed by atoms with Crippen LogP contribution in [0.4, 0.5) is 0 Å². The van der Waals surface area contributed by atoms with Gasteiger partial charge in [0.1, 0.15) is 10.5 Å². The van der Waals surface area contributed by atoms with Gasteiger partial charge in [-0.05, 0) is 13.8 Å². The summed E-state index contributed by atoms with van der Waals surface area (Å²) in [5.41, 5.74) is 0. The van der Waals surface area contributed by atoms with E-state index in [4.69, 9.17) is 16.8 Å². The molecule has 16 heavy (non-hydrogen) atoms. The van der Waals surface area contributed by atoms with Crippen molar-refractivity contribution < 1.29 is 20.6 Å². The van der Waals surface area contributed by atoms with Crippen molar-refractivity contribution in [1.29, 1.82) is 0 Å². The molecule has 0 aromatic heterocycles. The summed E-state index contributed by atoms with van der Waals surface area (Å²) in [6, 6.07) is 0. The van der Waals surface area contributed by atoms with Crippen LogP contribution >= 0.6 is 0 Å². The summed E-state index contributed by atoms with van der Waals surface area (Å²) in [6.07, 6.45) is 1.11. The summed E-state index contributed by atoms with van der Waals surface area (Å²) in [5, 5.41) is 0. The van der Waals surface area contributed by atoms with Gasteiger partial charge in [0.15, 0.2) is 0 Å². The van der Waals surface area contributed by atoms with Crippen LogP contribution in [0.5, 0.6) is 0 Å². The first-order valence-electron chi connectivity index (χ1n) is 5.51. The molecule has 0 aliphatic carbocycles. The van der Waals surface area contributed by atoms with E-state index in [2.05, 4.69) is 0 Å². The van der Waals surface area contributed by atoms with Crippen molar-refractivity contribution >= 4 is 35.5 Å². The topological polar surface area (TPSA) is 54.0 Å². The zero-order valence-electron chi connectivity index (χ0n) is 10.9. The smallest absolute Gasteiger partial charge is 0.427 e. The third kappa shape index (κ3) is 14.4. The fourth-order valence-corrected chi connectivity index (χ4v) is 2.76. The maximum absolute atomic E-state index is 9.76. The Kier molecular flexibility index (Phi) is 18.2.